The van der Waals surface area contributed by atoms with Gasteiger partial charge in [0.15, 0.2) is 0 Å². The second-order valence-electron chi connectivity index (χ2n) is 5.29. The molecule has 1 aromatic rings. The molecule has 0 bridgehead atoms. The summed E-state index contributed by atoms with van der Waals surface area (Å²) in [6.45, 7) is 11.4. The summed E-state index contributed by atoms with van der Waals surface area (Å²) >= 11 is 0. The SMILES string of the molecule is C=CCN(Cc1cccc2c1CCCN2)C(C)C. The zero-order chi connectivity index (χ0) is 13.0. The Bertz CT molecular complexity index is 410. The molecule has 0 atom stereocenters. The van der Waals surface area contributed by atoms with Gasteiger partial charge in [-0.2, -0.15) is 0 Å². The van der Waals surface area contributed by atoms with Crippen molar-refractivity contribution in [3.63, 3.8) is 0 Å². The smallest absolute Gasteiger partial charge is 0.0375 e. The Morgan fingerprint density at radius 2 is 2.28 bits per heavy atom. The monoisotopic (exact) mass is 244 g/mol. The summed E-state index contributed by atoms with van der Waals surface area (Å²) in [6.07, 6.45) is 4.44. The number of fused-ring (bicyclic) bond motifs is 1. The standard InChI is InChI=1S/C16H24N2/c1-4-11-18(13(2)3)12-14-7-5-9-16-15(14)8-6-10-17-16/h4-5,7,9,13,17H,1,6,8,10-12H2,2-3H3. The summed E-state index contributed by atoms with van der Waals surface area (Å²) in [5.74, 6) is 0. The Labute approximate surface area is 111 Å². The molecule has 2 heteroatoms. The highest BCUT2D eigenvalue weighted by Gasteiger charge is 2.15. The third-order valence-electron chi connectivity index (χ3n) is 3.66. The molecule has 0 aliphatic carbocycles. The zero-order valence-electron chi connectivity index (χ0n) is 11.6. The molecule has 1 aliphatic heterocycles. The molecule has 0 aromatic heterocycles. The average Bonchev–Trinajstić information content (AvgIpc) is 2.38. The molecule has 0 saturated carbocycles. The minimum Gasteiger partial charge on any atom is -0.385 e. The summed E-state index contributed by atoms with van der Waals surface area (Å²) in [5, 5.41) is 3.50. The van der Waals surface area contributed by atoms with Gasteiger partial charge in [-0.3, -0.25) is 4.90 Å². The molecule has 0 spiro atoms. The lowest BCUT2D eigenvalue weighted by Gasteiger charge is -2.28. The summed E-state index contributed by atoms with van der Waals surface area (Å²) in [5.41, 5.74) is 4.31. The fourth-order valence-electron chi connectivity index (χ4n) is 2.57. The molecular formula is C16H24N2. The van der Waals surface area contributed by atoms with E-state index in [0.717, 1.165) is 19.6 Å². The topological polar surface area (TPSA) is 15.3 Å². The number of benzene rings is 1. The van der Waals surface area contributed by atoms with Gasteiger partial charge < -0.3 is 5.32 Å². The van der Waals surface area contributed by atoms with Crippen LogP contribution in [0.4, 0.5) is 5.69 Å². The summed E-state index contributed by atoms with van der Waals surface area (Å²) in [7, 11) is 0. The Kier molecular flexibility index (Phi) is 4.43. The van der Waals surface area contributed by atoms with Crippen molar-refractivity contribution in [2.24, 2.45) is 0 Å². The third kappa shape index (κ3) is 2.94. The van der Waals surface area contributed by atoms with Crippen LogP contribution in [0.1, 0.15) is 31.4 Å². The van der Waals surface area contributed by atoms with Gasteiger partial charge in [-0.05, 0) is 43.9 Å². The maximum absolute atomic E-state index is 3.86. The molecule has 98 valence electrons. The van der Waals surface area contributed by atoms with E-state index in [1.807, 2.05) is 6.08 Å². The zero-order valence-corrected chi connectivity index (χ0v) is 11.6. The van der Waals surface area contributed by atoms with Crippen LogP contribution in [-0.2, 0) is 13.0 Å². The van der Waals surface area contributed by atoms with Crippen molar-refractivity contribution >= 4 is 5.69 Å². The normalized spacial score (nSPS) is 14.4. The number of rotatable bonds is 5. The van der Waals surface area contributed by atoms with Gasteiger partial charge in [0.1, 0.15) is 0 Å². The number of hydrogen-bond acceptors (Lipinski definition) is 2. The van der Waals surface area contributed by atoms with E-state index in [2.05, 4.69) is 48.8 Å². The van der Waals surface area contributed by atoms with E-state index in [0.29, 0.717) is 6.04 Å². The van der Waals surface area contributed by atoms with Crippen molar-refractivity contribution in [2.75, 3.05) is 18.4 Å². The van der Waals surface area contributed by atoms with E-state index in [1.165, 1.54) is 29.7 Å². The van der Waals surface area contributed by atoms with Crippen LogP contribution < -0.4 is 5.32 Å². The highest BCUT2D eigenvalue weighted by Crippen LogP contribution is 2.26. The van der Waals surface area contributed by atoms with Crippen LogP contribution in [0.15, 0.2) is 30.9 Å². The molecule has 1 aliphatic rings. The number of nitrogens with one attached hydrogen (secondary N) is 1. The lowest BCUT2D eigenvalue weighted by Crippen LogP contribution is -2.31. The van der Waals surface area contributed by atoms with Gasteiger partial charge in [0.05, 0.1) is 0 Å². The lowest BCUT2D eigenvalue weighted by molar-refractivity contribution is 0.236. The van der Waals surface area contributed by atoms with E-state index in [4.69, 9.17) is 0 Å². The Morgan fingerprint density at radius 1 is 1.44 bits per heavy atom. The first kappa shape index (κ1) is 13.2. The predicted molar refractivity (Wildman–Crippen MR) is 79.0 cm³/mol. The van der Waals surface area contributed by atoms with Crippen LogP contribution in [0.2, 0.25) is 0 Å². The highest BCUT2D eigenvalue weighted by molar-refractivity contribution is 5.56. The van der Waals surface area contributed by atoms with Gasteiger partial charge in [-0.25, -0.2) is 0 Å². The van der Waals surface area contributed by atoms with Crippen molar-refractivity contribution < 1.29 is 0 Å². The second-order valence-corrected chi connectivity index (χ2v) is 5.29. The van der Waals surface area contributed by atoms with E-state index in [1.54, 1.807) is 0 Å². The lowest BCUT2D eigenvalue weighted by atomic mass is 9.97. The molecule has 2 rings (SSSR count). The highest BCUT2D eigenvalue weighted by atomic mass is 15.1. The molecular weight excluding hydrogens is 220 g/mol. The molecule has 18 heavy (non-hydrogen) atoms. The van der Waals surface area contributed by atoms with Crippen LogP contribution in [-0.4, -0.2) is 24.0 Å². The van der Waals surface area contributed by atoms with Gasteiger partial charge in [0.25, 0.3) is 0 Å². The third-order valence-corrected chi connectivity index (χ3v) is 3.66. The van der Waals surface area contributed by atoms with Crippen molar-refractivity contribution in [2.45, 2.75) is 39.3 Å². The molecule has 1 N–H and O–H groups in total. The van der Waals surface area contributed by atoms with Crippen LogP contribution >= 0.6 is 0 Å². The van der Waals surface area contributed by atoms with Crippen molar-refractivity contribution in [3.05, 3.63) is 42.0 Å². The summed E-state index contributed by atoms with van der Waals surface area (Å²) < 4.78 is 0. The van der Waals surface area contributed by atoms with Gasteiger partial charge >= 0.3 is 0 Å². The summed E-state index contributed by atoms with van der Waals surface area (Å²) in [4.78, 5) is 2.46. The number of anilines is 1. The Balaban J connectivity index is 2.19. The number of nitrogens with zero attached hydrogens (tertiary/aromatic N) is 1. The first-order valence-electron chi connectivity index (χ1n) is 6.92. The van der Waals surface area contributed by atoms with E-state index >= 15 is 0 Å². The Morgan fingerprint density at radius 3 is 3.00 bits per heavy atom. The molecule has 0 unspecified atom stereocenters. The van der Waals surface area contributed by atoms with Crippen molar-refractivity contribution in [3.8, 4) is 0 Å². The molecule has 1 heterocycles. The van der Waals surface area contributed by atoms with Crippen molar-refractivity contribution in [1.82, 2.24) is 4.90 Å². The van der Waals surface area contributed by atoms with E-state index < -0.39 is 0 Å². The van der Waals surface area contributed by atoms with Gasteiger partial charge in [-0.1, -0.05) is 18.2 Å². The number of hydrogen-bond donors (Lipinski definition) is 1. The minimum atomic E-state index is 0.551. The fraction of sp³-hybridized carbons (Fsp3) is 0.500. The van der Waals surface area contributed by atoms with Crippen molar-refractivity contribution in [1.29, 1.82) is 0 Å². The second kappa shape index (κ2) is 6.05. The average molecular weight is 244 g/mol. The molecule has 0 amide bonds. The molecule has 2 nitrogen and oxygen atoms in total. The van der Waals surface area contributed by atoms with E-state index in [9.17, 15) is 0 Å². The summed E-state index contributed by atoms with van der Waals surface area (Å²) in [6, 6.07) is 7.18. The van der Waals surface area contributed by atoms with Gasteiger partial charge in [0, 0.05) is 31.4 Å². The van der Waals surface area contributed by atoms with E-state index in [-0.39, 0.29) is 0 Å². The fourth-order valence-corrected chi connectivity index (χ4v) is 2.57. The predicted octanol–water partition coefficient (Wildman–Crippen LogP) is 3.44. The Hall–Kier alpha value is -1.28. The first-order valence-corrected chi connectivity index (χ1v) is 6.92. The largest absolute Gasteiger partial charge is 0.385 e. The molecule has 0 saturated heterocycles. The van der Waals surface area contributed by atoms with Crippen LogP contribution in [0.3, 0.4) is 0 Å². The van der Waals surface area contributed by atoms with Crippen LogP contribution in [0.25, 0.3) is 0 Å². The first-order chi connectivity index (χ1) is 8.72. The maximum Gasteiger partial charge on any atom is 0.0375 e. The van der Waals surface area contributed by atoms with Crippen LogP contribution in [0.5, 0.6) is 0 Å². The molecule has 0 radical (unpaired) electrons. The maximum atomic E-state index is 3.86. The van der Waals surface area contributed by atoms with Crippen LogP contribution in [0, 0.1) is 0 Å². The molecule has 0 fully saturated rings. The minimum absolute atomic E-state index is 0.551. The quantitative estimate of drug-likeness (QED) is 0.798. The van der Waals surface area contributed by atoms with Gasteiger partial charge in [0.2, 0.25) is 0 Å². The molecule has 1 aromatic carbocycles. The van der Waals surface area contributed by atoms with Gasteiger partial charge in [-0.15, -0.1) is 6.58 Å².